The van der Waals surface area contributed by atoms with Crippen LogP contribution in [0.3, 0.4) is 0 Å². The van der Waals surface area contributed by atoms with Crippen LogP contribution in [0.5, 0.6) is 0 Å². The molecule has 0 heterocycles. The minimum atomic E-state index is -1.26. The van der Waals surface area contributed by atoms with Gasteiger partial charge in [-0.1, -0.05) is 0 Å². The Labute approximate surface area is 64.8 Å². The van der Waals surface area contributed by atoms with Gasteiger partial charge < -0.3 is 20.7 Å². The van der Waals surface area contributed by atoms with Gasteiger partial charge in [0.05, 0.1) is 6.61 Å². The maximum absolute atomic E-state index is 10.2. The Hall–Kier alpha value is -0.650. The summed E-state index contributed by atoms with van der Waals surface area (Å²) in [5.74, 6) is -1.22. The van der Waals surface area contributed by atoms with Gasteiger partial charge in [0.2, 0.25) is 0 Å². The summed E-state index contributed by atoms with van der Waals surface area (Å²) in [7, 11) is 0. The molecule has 0 aromatic carbocycles. The molecule has 4 N–H and O–H groups in total. The molecule has 0 unspecified atom stereocenters. The maximum Gasteiger partial charge on any atom is 0.323 e. The molecule has 0 aliphatic rings. The molecule has 5 nitrogen and oxygen atoms in total. The van der Waals surface area contributed by atoms with E-state index in [1.54, 1.807) is 6.92 Å². The fourth-order valence-electron chi connectivity index (χ4n) is 0.507. The monoisotopic (exact) mass is 163 g/mol. The zero-order chi connectivity index (χ0) is 8.85. The van der Waals surface area contributed by atoms with Gasteiger partial charge in [0, 0.05) is 6.61 Å². The highest BCUT2D eigenvalue weighted by Crippen LogP contribution is 1.91. The molecule has 0 amide bonds. The van der Waals surface area contributed by atoms with Crippen molar-refractivity contribution in [3.8, 4) is 0 Å². The van der Waals surface area contributed by atoms with Gasteiger partial charge in [0.1, 0.15) is 12.1 Å². The zero-order valence-electron chi connectivity index (χ0n) is 6.36. The topological polar surface area (TPSA) is 92.8 Å². The first-order chi connectivity index (χ1) is 5.09. The molecule has 0 rings (SSSR count). The molecule has 2 atom stereocenters. The Morgan fingerprint density at radius 1 is 1.73 bits per heavy atom. The summed E-state index contributed by atoms with van der Waals surface area (Å²) in [6, 6.07) is -1.26. The Balaban J connectivity index is 3.63. The SMILES string of the molecule is CCOC[C@@H](O)[C@@H](N)C(=O)O. The predicted octanol–water partition coefficient (Wildman–Crippen LogP) is -1.20. The molecule has 5 heteroatoms. The molecule has 0 aromatic rings. The van der Waals surface area contributed by atoms with Gasteiger partial charge in [-0.05, 0) is 6.92 Å². The van der Waals surface area contributed by atoms with Crippen molar-refractivity contribution >= 4 is 5.97 Å². The first kappa shape index (κ1) is 10.3. The molecular formula is C6H13NO4. The average Bonchev–Trinajstić information content (AvgIpc) is 1.98. The van der Waals surface area contributed by atoms with Gasteiger partial charge >= 0.3 is 5.97 Å². The lowest BCUT2D eigenvalue weighted by Gasteiger charge is -2.13. The lowest BCUT2D eigenvalue weighted by Crippen LogP contribution is -2.44. The Morgan fingerprint density at radius 3 is 2.64 bits per heavy atom. The van der Waals surface area contributed by atoms with Gasteiger partial charge in [-0.2, -0.15) is 0 Å². The second-order valence-electron chi connectivity index (χ2n) is 2.09. The summed E-state index contributed by atoms with van der Waals surface area (Å²) >= 11 is 0. The minimum absolute atomic E-state index is 0.0377. The third-order valence-corrected chi connectivity index (χ3v) is 1.19. The largest absolute Gasteiger partial charge is 0.480 e. The lowest BCUT2D eigenvalue weighted by molar-refractivity contribution is -0.142. The van der Waals surface area contributed by atoms with E-state index in [1.807, 2.05) is 0 Å². The molecule has 0 saturated heterocycles. The zero-order valence-corrected chi connectivity index (χ0v) is 6.36. The molecule has 11 heavy (non-hydrogen) atoms. The molecule has 0 aliphatic carbocycles. The van der Waals surface area contributed by atoms with Crippen molar-refractivity contribution in [1.29, 1.82) is 0 Å². The summed E-state index contributed by atoms with van der Waals surface area (Å²) in [4.78, 5) is 10.2. The number of aliphatic carboxylic acids is 1. The molecule has 66 valence electrons. The summed E-state index contributed by atoms with van der Waals surface area (Å²) < 4.78 is 4.77. The van der Waals surface area contributed by atoms with Crippen LogP contribution in [-0.2, 0) is 9.53 Å². The number of hydrogen-bond acceptors (Lipinski definition) is 4. The minimum Gasteiger partial charge on any atom is -0.480 e. The van der Waals surface area contributed by atoms with Crippen molar-refractivity contribution in [3.05, 3.63) is 0 Å². The van der Waals surface area contributed by atoms with E-state index in [-0.39, 0.29) is 6.61 Å². The van der Waals surface area contributed by atoms with Crippen LogP contribution in [0.4, 0.5) is 0 Å². The highest BCUT2D eigenvalue weighted by Gasteiger charge is 2.21. The van der Waals surface area contributed by atoms with Gasteiger partial charge in [0.25, 0.3) is 0 Å². The van der Waals surface area contributed by atoms with Crippen LogP contribution in [0.2, 0.25) is 0 Å². The number of carbonyl (C=O) groups is 1. The highest BCUT2D eigenvalue weighted by atomic mass is 16.5. The first-order valence-electron chi connectivity index (χ1n) is 3.33. The third kappa shape index (κ3) is 3.92. The maximum atomic E-state index is 10.2. The van der Waals surface area contributed by atoms with E-state index in [9.17, 15) is 4.79 Å². The van der Waals surface area contributed by atoms with Crippen molar-refractivity contribution in [3.63, 3.8) is 0 Å². The first-order valence-corrected chi connectivity index (χ1v) is 3.33. The van der Waals surface area contributed by atoms with E-state index in [0.717, 1.165) is 0 Å². The van der Waals surface area contributed by atoms with E-state index in [2.05, 4.69) is 0 Å². The van der Waals surface area contributed by atoms with E-state index >= 15 is 0 Å². The second kappa shape index (κ2) is 5.06. The highest BCUT2D eigenvalue weighted by molar-refractivity contribution is 5.73. The van der Waals surface area contributed by atoms with Gasteiger partial charge in [-0.15, -0.1) is 0 Å². The van der Waals surface area contributed by atoms with Crippen molar-refractivity contribution in [2.75, 3.05) is 13.2 Å². The smallest absolute Gasteiger partial charge is 0.323 e. The quantitative estimate of drug-likeness (QED) is 0.473. The lowest BCUT2D eigenvalue weighted by atomic mass is 10.2. The van der Waals surface area contributed by atoms with Crippen LogP contribution < -0.4 is 5.73 Å². The standard InChI is InChI=1S/C6H13NO4/c1-2-11-3-4(8)5(7)6(9)10/h4-5,8H,2-3,7H2,1H3,(H,9,10)/t4-,5-/m1/s1. The molecule has 0 aliphatic heterocycles. The van der Waals surface area contributed by atoms with Gasteiger partial charge in [0.15, 0.2) is 0 Å². The molecule has 0 radical (unpaired) electrons. The average molecular weight is 163 g/mol. The summed E-state index contributed by atoms with van der Waals surface area (Å²) in [5.41, 5.74) is 5.07. The number of rotatable bonds is 5. The molecule has 0 saturated carbocycles. The number of aliphatic hydroxyl groups is 1. The Morgan fingerprint density at radius 2 is 2.27 bits per heavy atom. The van der Waals surface area contributed by atoms with Crippen LogP contribution in [0, 0.1) is 0 Å². The van der Waals surface area contributed by atoms with Crippen molar-refractivity contribution < 1.29 is 19.7 Å². The summed E-state index contributed by atoms with van der Waals surface area (Å²) in [6.07, 6.45) is -1.13. The molecular weight excluding hydrogens is 150 g/mol. The summed E-state index contributed by atoms with van der Waals surface area (Å²) in [6.45, 7) is 2.15. The normalized spacial score (nSPS) is 15.9. The second-order valence-corrected chi connectivity index (χ2v) is 2.09. The van der Waals surface area contributed by atoms with E-state index in [4.69, 9.17) is 20.7 Å². The van der Waals surface area contributed by atoms with Gasteiger partial charge in [-0.3, -0.25) is 4.79 Å². The molecule has 0 fully saturated rings. The Kier molecular flexibility index (Phi) is 4.76. The summed E-state index contributed by atoms with van der Waals surface area (Å²) in [5, 5.41) is 17.3. The number of carboxylic acid groups (broad SMARTS) is 1. The third-order valence-electron chi connectivity index (χ3n) is 1.19. The van der Waals surface area contributed by atoms with Crippen LogP contribution in [0.15, 0.2) is 0 Å². The van der Waals surface area contributed by atoms with E-state index in [0.29, 0.717) is 6.61 Å². The van der Waals surface area contributed by atoms with Crippen molar-refractivity contribution in [2.45, 2.75) is 19.1 Å². The van der Waals surface area contributed by atoms with Crippen LogP contribution in [0.1, 0.15) is 6.92 Å². The fraction of sp³-hybridized carbons (Fsp3) is 0.833. The fourth-order valence-corrected chi connectivity index (χ4v) is 0.507. The van der Waals surface area contributed by atoms with Gasteiger partial charge in [-0.25, -0.2) is 0 Å². The van der Waals surface area contributed by atoms with E-state index < -0.39 is 18.1 Å². The van der Waals surface area contributed by atoms with E-state index in [1.165, 1.54) is 0 Å². The predicted molar refractivity (Wildman–Crippen MR) is 38.1 cm³/mol. The molecule has 0 bridgehead atoms. The van der Waals surface area contributed by atoms with Crippen molar-refractivity contribution in [2.24, 2.45) is 5.73 Å². The number of ether oxygens (including phenoxy) is 1. The molecule has 0 spiro atoms. The number of hydrogen-bond donors (Lipinski definition) is 3. The van der Waals surface area contributed by atoms with Crippen LogP contribution >= 0.6 is 0 Å². The number of carboxylic acids is 1. The molecule has 0 aromatic heterocycles. The van der Waals surface area contributed by atoms with Crippen molar-refractivity contribution in [1.82, 2.24) is 0 Å². The number of aliphatic hydroxyl groups excluding tert-OH is 1. The van der Waals surface area contributed by atoms with Crippen LogP contribution in [-0.4, -0.2) is 41.5 Å². The number of nitrogens with two attached hydrogens (primary N) is 1. The Bertz CT molecular complexity index is 128. The van der Waals surface area contributed by atoms with Crippen LogP contribution in [0.25, 0.3) is 0 Å².